The highest BCUT2D eigenvalue weighted by Crippen LogP contribution is 2.25. The third-order valence-corrected chi connectivity index (χ3v) is 6.67. The Bertz CT molecular complexity index is 793. The number of ether oxygens (including phenoxy) is 1. The number of aryl methyl sites for hydroxylation is 1. The van der Waals surface area contributed by atoms with Gasteiger partial charge >= 0.3 is 0 Å². The SMILES string of the molecule is CCc1ccc(-c2nc(CN3CCN(CC(=O)N4CCOCC4)CC3)cs2)cc1. The summed E-state index contributed by atoms with van der Waals surface area (Å²) in [7, 11) is 0. The van der Waals surface area contributed by atoms with Crippen LogP contribution in [0.25, 0.3) is 10.6 Å². The van der Waals surface area contributed by atoms with Gasteiger partial charge in [0.25, 0.3) is 0 Å². The molecule has 0 unspecified atom stereocenters. The van der Waals surface area contributed by atoms with Gasteiger partial charge in [-0.2, -0.15) is 0 Å². The normalized spacial score (nSPS) is 18.9. The maximum Gasteiger partial charge on any atom is 0.236 e. The van der Waals surface area contributed by atoms with Crippen LogP contribution in [0.3, 0.4) is 0 Å². The Morgan fingerprint density at radius 3 is 2.41 bits per heavy atom. The van der Waals surface area contributed by atoms with E-state index in [0.29, 0.717) is 19.8 Å². The topological polar surface area (TPSA) is 48.9 Å². The second kappa shape index (κ2) is 9.80. The first kappa shape index (κ1) is 20.5. The lowest BCUT2D eigenvalue weighted by molar-refractivity contribution is -0.136. The first-order valence-electron chi connectivity index (χ1n) is 10.5. The summed E-state index contributed by atoms with van der Waals surface area (Å²) in [5.74, 6) is 0.236. The molecule has 0 aliphatic carbocycles. The van der Waals surface area contributed by atoms with Crippen molar-refractivity contribution < 1.29 is 9.53 Å². The summed E-state index contributed by atoms with van der Waals surface area (Å²) < 4.78 is 5.33. The van der Waals surface area contributed by atoms with E-state index in [1.54, 1.807) is 11.3 Å². The molecule has 1 amide bonds. The minimum atomic E-state index is 0.236. The summed E-state index contributed by atoms with van der Waals surface area (Å²) in [6, 6.07) is 8.72. The van der Waals surface area contributed by atoms with E-state index >= 15 is 0 Å². The van der Waals surface area contributed by atoms with Gasteiger partial charge in [0.05, 0.1) is 25.5 Å². The van der Waals surface area contributed by atoms with Crippen molar-refractivity contribution in [3.8, 4) is 10.6 Å². The lowest BCUT2D eigenvalue weighted by atomic mass is 10.1. The molecule has 2 aromatic rings. The molecule has 6 nitrogen and oxygen atoms in total. The molecule has 2 aliphatic rings. The fraction of sp³-hybridized carbons (Fsp3) is 0.545. The van der Waals surface area contributed by atoms with Gasteiger partial charge < -0.3 is 9.64 Å². The molecule has 156 valence electrons. The zero-order valence-electron chi connectivity index (χ0n) is 17.2. The van der Waals surface area contributed by atoms with E-state index in [9.17, 15) is 4.79 Å². The summed E-state index contributed by atoms with van der Waals surface area (Å²) in [6.45, 7) is 10.2. The number of carbonyl (C=O) groups is 1. The molecule has 1 aromatic heterocycles. The minimum absolute atomic E-state index is 0.236. The fourth-order valence-corrected chi connectivity index (χ4v) is 4.65. The predicted molar refractivity (Wildman–Crippen MR) is 116 cm³/mol. The average molecular weight is 415 g/mol. The molecule has 0 saturated carbocycles. The van der Waals surface area contributed by atoms with Crippen LogP contribution in [-0.4, -0.2) is 84.6 Å². The second-order valence-corrected chi connectivity index (χ2v) is 8.60. The summed E-state index contributed by atoms with van der Waals surface area (Å²) in [5, 5.41) is 3.27. The van der Waals surface area contributed by atoms with Crippen LogP contribution in [-0.2, 0) is 22.5 Å². The molecule has 3 heterocycles. The largest absolute Gasteiger partial charge is 0.378 e. The molecule has 0 spiro atoms. The third kappa shape index (κ3) is 5.42. The van der Waals surface area contributed by atoms with Crippen molar-refractivity contribution in [3.05, 3.63) is 40.9 Å². The molecule has 0 atom stereocenters. The van der Waals surface area contributed by atoms with Gasteiger partial charge in [-0.05, 0) is 12.0 Å². The van der Waals surface area contributed by atoms with Gasteiger partial charge in [0.2, 0.25) is 5.91 Å². The first-order valence-corrected chi connectivity index (χ1v) is 11.4. The minimum Gasteiger partial charge on any atom is -0.378 e. The number of carbonyl (C=O) groups excluding carboxylic acids is 1. The van der Waals surface area contributed by atoms with Gasteiger partial charge in [-0.1, -0.05) is 31.2 Å². The molecular weight excluding hydrogens is 384 g/mol. The smallest absolute Gasteiger partial charge is 0.236 e. The van der Waals surface area contributed by atoms with Crippen LogP contribution in [0, 0.1) is 0 Å². The number of rotatable bonds is 6. The van der Waals surface area contributed by atoms with Crippen LogP contribution in [0.2, 0.25) is 0 Å². The lowest BCUT2D eigenvalue weighted by Gasteiger charge is -2.35. The highest BCUT2D eigenvalue weighted by Gasteiger charge is 2.23. The summed E-state index contributed by atoms with van der Waals surface area (Å²) in [6.07, 6.45) is 1.06. The van der Waals surface area contributed by atoms with Crippen molar-refractivity contribution >= 4 is 17.2 Å². The summed E-state index contributed by atoms with van der Waals surface area (Å²) >= 11 is 1.72. The van der Waals surface area contributed by atoms with E-state index in [-0.39, 0.29) is 5.91 Å². The zero-order chi connectivity index (χ0) is 20.1. The molecule has 1 aromatic carbocycles. The van der Waals surface area contributed by atoms with E-state index in [1.165, 1.54) is 11.1 Å². The Labute approximate surface area is 177 Å². The van der Waals surface area contributed by atoms with E-state index in [4.69, 9.17) is 9.72 Å². The van der Waals surface area contributed by atoms with Gasteiger partial charge in [-0.3, -0.25) is 14.6 Å². The predicted octanol–water partition coefficient (Wildman–Crippen LogP) is 2.35. The standard InChI is InChI=1S/C22H30N4O2S/c1-2-18-3-5-19(6-4-18)22-23-20(17-29-22)15-24-7-9-25(10-8-24)16-21(27)26-11-13-28-14-12-26/h3-6,17H,2,7-16H2,1H3. The average Bonchev–Trinajstić information content (AvgIpc) is 3.24. The summed E-state index contributed by atoms with van der Waals surface area (Å²) in [5.41, 5.74) is 3.70. The number of morpholine rings is 1. The molecule has 0 N–H and O–H groups in total. The van der Waals surface area contributed by atoms with Gasteiger partial charge in [0, 0.05) is 56.8 Å². The second-order valence-electron chi connectivity index (χ2n) is 7.74. The van der Waals surface area contributed by atoms with Gasteiger partial charge in [-0.15, -0.1) is 11.3 Å². The lowest BCUT2D eigenvalue weighted by Crippen LogP contribution is -2.51. The van der Waals surface area contributed by atoms with Crippen molar-refractivity contribution in [2.24, 2.45) is 0 Å². The van der Waals surface area contributed by atoms with Crippen molar-refractivity contribution in [2.45, 2.75) is 19.9 Å². The van der Waals surface area contributed by atoms with Crippen molar-refractivity contribution in [3.63, 3.8) is 0 Å². The number of amides is 1. The Morgan fingerprint density at radius 1 is 1.03 bits per heavy atom. The monoisotopic (exact) mass is 414 g/mol. The number of aromatic nitrogens is 1. The number of nitrogens with zero attached hydrogens (tertiary/aromatic N) is 4. The Balaban J connectivity index is 1.24. The van der Waals surface area contributed by atoms with E-state index in [1.807, 2.05) is 4.90 Å². The summed E-state index contributed by atoms with van der Waals surface area (Å²) in [4.78, 5) is 23.9. The van der Waals surface area contributed by atoms with Gasteiger partial charge in [-0.25, -0.2) is 4.98 Å². The van der Waals surface area contributed by atoms with Crippen molar-refractivity contribution in [1.82, 2.24) is 19.7 Å². The number of benzene rings is 1. The van der Waals surface area contributed by atoms with Crippen LogP contribution < -0.4 is 0 Å². The Morgan fingerprint density at radius 2 is 1.72 bits per heavy atom. The molecule has 0 bridgehead atoms. The van der Waals surface area contributed by atoms with Crippen molar-refractivity contribution in [1.29, 1.82) is 0 Å². The Hall–Kier alpha value is -1.80. The van der Waals surface area contributed by atoms with E-state index < -0.39 is 0 Å². The molecule has 2 aliphatic heterocycles. The third-order valence-electron chi connectivity index (χ3n) is 5.73. The Kier molecular flexibility index (Phi) is 6.92. The maximum atomic E-state index is 12.4. The molecule has 4 rings (SSSR count). The number of thiazole rings is 1. The maximum absolute atomic E-state index is 12.4. The first-order chi connectivity index (χ1) is 14.2. The molecule has 7 heteroatoms. The number of piperazine rings is 1. The van der Waals surface area contributed by atoms with Gasteiger partial charge in [0.1, 0.15) is 5.01 Å². The van der Waals surface area contributed by atoms with E-state index in [0.717, 1.165) is 62.9 Å². The van der Waals surface area contributed by atoms with Crippen LogP contribution in [0.1, 0.15) is 18.2 Å². The van der Waals surface area contributed by atoms with Crippen LogP contribution >= 0.6 is 11.3 Å². The number of hydrogen-bond donors (Lipinski definition) is 0. The molecule has 2 saturated heterocycles. The highest BCUT2D eigenvalue weighted by molar-refractivity contribution is 7.13. The van der Waals surface area contributed by atoms with Crippen LogP contribution in [0.15, 0.2) is 29.6 Å². The fourth-order valence-electron chi connectivity index (χ4n) is 3.83. The van der Waals surface area contributed by atoms with Crippen LogP contribution in [0.5, 0.6) is 0 Å². The molecule has 2 fully saturated rings. The number of hydrogen-bond acceptors (Lipinski definition) is 6. The molecule has 29 heavy (non-hydrogen) atoms. The van der Waals surface area contributed by atoms with E-state index in [2.05, 4.69) is 46.4 Å². The quantitative estimate of drug-likeness (QED) is 0.726. The zero-order valence-corrected chi connectivity index (χ0v) is 18.0. The van der Waals surface area contributed by atoms with Gasteiger partial charge in [0.15, 0.2) is 0 Å². The highest BCUT2D eigenvalue weighted by atomic mass is 32.1. The molecular formula is C22H30N4O2S. The van der Waals surface area contributed by atoms with Crippen molar-refractivity contribution in [2.75, 3.05) is 59.0 Å². The molecule has 0 radical (unpaired) electrons. The van der Waals surface area contributed by atoms with Crippen LogP contribution in [0.4, 0.5) is 0 Å².